The number of amides is 1. The number of ether oxygens (including phenoxy) is 1. The number of aromatic amines is 1. The van der Waals surface area contributed by atoms with Gasteiger partial charge in [-0.15, -0.1) is 0 Å². The van der Waals surface area contributed by atoms with Gasteiger partial charge in [0.25, 0.3) is 0 Å². The first-order chi connectivity index (χ1) is 9.70. The molecule has 1 aromatic rings. The Morgan fingerprint density at radius 3 is 2.48 bits per heavy atom. The van der Waals surface area contributed by atoms with Crippen LogP contribution in [0.3, 0.4) is 0 Å². The van der Waals surface area contributed by atoms with Crippen LogP contribution in [0.15, 0.2) is 4.90 Å². The lowest BCUT2D eigenvalue weighted by Gasteiger charge is -2.06. The maximum Gasteiger partial charge on any atom is 0.355 e. The van der Waals surface area contributed by atoms with Gasteiger partial charge in [-0.25, -0.2) is 17.9 Å². The lowest BCUT2D eigenvalue weighted by molar-refractivity contribution is -0.117. The van der Waals surface area contributed by atoms with Crippen LogP contribution < -0.4 is 10.5 Å². The lowest BCUT2D eigenvalue weighted by Crippen LogP contribution is -2.28. The largest absolute Gasteiger partial charge is 0.461 e. The zero-order valence-corrected chi connectivity index (χ0v) is 13.0. The van der Waals surface area contributed by atoms with Crippen LogP contribution in [-0.4, -0.2) is 38.4 Å². The van der Waals surface area contributed by atoms with E-state index in [2.05, 4.69) is 9.71 Å². The summed E-state index contributed by atoms with van der Waals surface area (Å²) in [6.45, 7) is 4.80. The van der Waals surface area contributed by atoms with Crippen molar-refractivity contribution < 1.29 is 22.7 Å². The quantitative estimate of drug-likeness (QED) is 0.607. The highest BCUT2D eigenvalue weighted by molar-refractivity contribution is 7.89. The second kappa shape index (κ2) is 6.72. The summed E-state index contributed by atoms with van der Waals surface area (Å²) in [6, 6.07) is 0. The maximum atomic E-state index is 12.2. The van der Waals surface area contributed by atoms with Crippen molar-refractivity contribution in [2.45, 2.75) is 32.1 Å². The first-order valence-electron chi connectivity index (χ1n) is 6.35. The molecule has 8 nitrogen and oxygen atoms in total. The minimum absolute atomic E-state index is 0.0185. The van der Waals surface area contributed by atoms with E-state index >= 15 is 0 Å². The van der Waals surface area contributed by atoms with Gasteiger partial charge in [0.15, 0.2) is 0 Å². The van der Waals surface area contributed by atoms with Crippen LogP contribution in [0.1, 0.15) is 35.1 Å². The number of sulfonamides is 1. The van der Waals surface area contributed by atoms with Crippen molar-refractivity contribution in [2.24, 2.45) is 5.73 Å². The molecular formula is C12H19N3O5S. The molecule has 0 fully saturated rings. The van der Waals surface area contributed by atoms with Crippen molar-refractivity contribution in [3.63, 3.8) is 0 Å². The number of nitrogens with two attached hydrogens (primary N) is 1. The Balaban J connectivity index is 3.07. The summed E-state index contributed by atoms with van der Waals surface area (Å²) >= 11 is 0. The molecular weight excluding hydrogens is 298 g/mol. The van der Waals surface area contributed by atoms with Gasteiger partial charge >= 0.3 is 5.97 Å². The second-order valence-corrected chi connectivity index (χ2v) is 6.12. The molecule has 4 N–H and O–H groups in total. The smallest absolute Gasteiger partial charge is 0.355 e. The van der Waals surface area contributed by atoms with Gasteiger partial charge < -0.3 is 15.5 Å². The summed E-state index contributed by atoms with van der Waals surface area (Å²) in [4.78, 5) is 25.1. The third kappa shape index (κ3) is 4.05. The van der Waals surface area contributed by atoms with Crippen LogP contribution in [0.25, 0.3) is 0 Å². The molecule has 0 radical (unpaired) electrons. The maximum absolute atomic E-state index is 12.2. The van der Waals surface area contributed by atoms with Gasteiger partial charge in [0.2, 0.25) is 15.9 Å². The fourth-order valence-corrected chi connectivity index (χ4v) is 3.40. The van der Waals surface area contributed by atoms with E-state index in [0.717, 1.165) is 0 Å². The molecule has 0 spiro atoms. The minimum atomic E-state index is -3.84. The van der Waals surface area contributed by atoms with E-state index in [1.54, 1.807) is 13.8 Å². The molecule has 118 valence electrons. The average molecular weight is 317 g/mol. The highest BCUT2D eigenvalue weighted by atomic mass is 32.2. The standard InChI is InChI=1S/C12H19N3O5S/c1-4-20-12(17)10-7(2)11(8(3)15-10)21(18,19)14-6-5-9(13)16/h14-15H,4-6H2,1-3H3,(H2,13,16). The number of carbonyl (C=O) groups is 2. The normalized spacial score (nSPS) is 11.4. The summed E-state index contributed by atoms with van der Waals surface area (Å²) < 4.78 is 31.6. The number of aryl methyl sites for hydroxylation is 1. The summed E-state index contributed by atoms with van der Waals surface area (Å²) in [7, 11) is -3.84. The van der Waals surface area contributed by atoms with Crippen LogP contribution in [0, 0.1) is 13.8 Å². The molecule has 0 unspecified atom stereocenters. The van der Waals surface area contributed by atoms with Gasteiger partial charge in [0, 0.05) is 24.2 Å². The first-order valence-corrected chi connectivity index (χ1v) is 7.83. The molecule has 0 bridgehead atoms. The zero-order chi connectivity index (χ0) is 16.2. The molecule has 0 aliphatic rings. The Bertz CT molecular complexity index is 648. The topological polar surface area (TPSA) is 131 Å². The Hall–Kier alpha value is -1.87. The first kappa shape index (κ1) is 17.2. The molecule has 21 heavy (non-hydrogen) atoms. The Morgan fingerprint density at radius 1 is 1.33 bits per heavy atom. The molecule has 0 saturated carbocycles. The predicted molar refractivity (Wildman–Crippen MR) is 75.2 cm³/mol. The average Bonchev–Trinajstić information content (AvgIpc) is 2.64. The van der Waals surface area contributed by atoms with Gasteiger partial charge in [-0.05, 0) is 20.8 Å². The lowest BCUT2D eigenvalue weighted by atomic mass is 10.2. The summed E-state index contributed by atoms with van der Waals surface area (Å²) in [5.74, 6) is -1.22. The molecule has 0 aromatic carbocycles. The van der Waals surface area contributed by atoms with E-state index < -0.39 is 21.9 Å². The molecule has 1 aromatic heterocycles. The molecule has 1 heterocycles. The highest BCUT2D eigenvalue weighted by Gasteiger charge is 2.26. The number of rotatable bonds is 7. The van der Waals surface area contributed by atoms with Crippen LogP contribution in [0.2, 0.25) is 0 Å². The summed E-state index contributed by atoms with van der Waals surface area (Å²) in [5, 5.41) is 0. The Morgan fingerprint density at radius 2 is 1.95 bits per heavy atom. The number of primary amides is 1. The van der Waals surface area contributed by atoms with Gasteiger partial charge in [0.05, 0.1) is 6.61 Å². The van der Waals surface area contributed by atoms with Crippen molar-refractivity contribution in [3.8, 4) is 0 Å². The number of carbonyl (C=O) groups excluding carboxylic acids is 2. The second-order valence-electron chi connectivity index (χ2n) is 4.41. The van der Waals surface area contributed by atoms with Crippen LogP contribution in [0.4, 0.5) is 0 Å². The fraction of sp³-hybridized carbons (Fsp3) is 0.500. The Kier molecular flexibility index (Phi) is 5.50. The molecule has 1 rings (SSSR count). The van der Waals surface area contributed by atoms with E-state index in [9.17, 15) is 18.0 Å². The van der Waals surface area contributed by atoms with Crippen LogP contribution >= 0.6 is 0 Å². The van der Waals surface area contributed by atoms with E-state index in [1.165, 1.54) is 6.92 Å². The van der Waals surface area contributed by atoms with E-state index in [-0.39, 0.29) is 35.7 Å². The number of esters is 1. The minimum Gasteiger partial charge on any atom is -0.461 e. The van der Waals surface area contributed by atoms with Gasteiger partial charge in [-0.1, -0.05) is 0 Å². The number of hydrogen-bond donors (Lipinski definition) is 3. The Labute approximate surface area is 123 Å². The van der Waals surface area contributed by atoms with E-state index in [0.29, 0.717) is 5.69 Å². The van der Waals surface area contributed by atoms with Gasteiger partial charge in [-0.3, -0.25) is 4.79 Å². The SMILES string of the molecule is CCOC(=O)c1[nH]c(C)c(S(=O)(=O)NCCC(N)=O)c1C. The zero-order valence-electron chi connectivity index (χ0n) is 12.1. The van der Waals surface area contributed by atoms with E-state index in [1.807, 2.05) is 0 Å². The summed E-state index contributed by atoms with van der Waals surface area (Å²) in [6.07, 6.45) is -0.105. The van der Waals surface area contributed by atoms with Crippen molar-refractivity contribution in [3.05, 3.63) is 17.0 Å². The molecule has 0 saturated heterocycles. The molecule has 0 aliphatic heterocycles. The third-order valence-electron chi connectivity index (χ3n) is 2.78. The van der Waals surface area contributed by atoms with Gasteiger partial charge in [-0.2, -0.15) is 0 Å². The van der Waals surface area contributed by atoms with Crippen LogP contribution in [0.5, 0.6) is 0 Å². The van der Waals surface area contributed by atoms with Crippen molar-refractivity contribution >= 4 is 21.9 Å². The third-order valence-corrected chi connectivity index (χ3v) is 4.51. The van der Waals surface area contributed by atoms with E-state index in [4.69, 9.17) is 10.5 Å². The summed E-state index contributed by atoms with van der Waals surface area (Å²) in [5.41, 5.74) is 5.65. The highest BCUT2D eigenvalue weighted by Crippen LogP contribution is 2.23. The molecule has 0 aliphatic carbocycles. The van der Waals surface area contributed by atoms with Crippen molar-refractivity contribution in [1.29, 1.82) is 0 Å². The monoisotopic (exact) mass is 317 g/mol. The van der Waals surface area contributed by atoms with Crippen LogP contribution in [-0.2, 0) is 19.6 Å². The molecule has 0 atom stereocenters. The number of H-pyrrole nitrogens is 1. The van der Waals surface area contributed by atoms with Crippen molar-refractivity contribution in [2.75, 3.05) is 13.2 Å². The fourth-order valence-electron chi connectivity index (χ4n) is 1.92. The predicted octanol–water partition coefficient (Wildman–Crippen LogP) is -0.0381. The molecule has 9 heteroatoms. The number of hydrogen-bond acceptors (Lipinski definition) is 5. The van der Waals surface area contributed by atoms with Crippen molar-refractivity contribution in [1.82, 2.24) is 9.71 Å². The number of nitrogens with one attached hydrogen (secondary N) is 2. The van der Waals surface area contributed by atoms with Gasteiger partial charge in [0.1, 0.15) is 10.6 Å². The number of aromatic nitrogens is 1. The molecule has 1 amide bonds.